The van der Waals surface area contributed by atoms with Crippen LogP contribution in [-0.2, 0) is 7.05 Å². The molecule has 1 aliphatic heterocycles. The first kappa shape index (κ1) is 19.4. The molecule has 3 heterocycles. The summed E-state index contributed by atoms with van der Waals surface area (Å²) in [5.74, 6) is 2.55. The number of aliphatic hydroxyl groups excluding tert-OH is 1. The van der Waals surface area contributed by atoms with Crippen LogP contribution in [0.5, 0.6) is 5.75 Å². The standard InChI is InChI=1S/C22H27N5O2/c1-26-15-12-23-21(26)19-7-8-20(25-24-19)27-13-9-22(17-28,10-14-27)11-16-29-18-5-3-2-4-6-18/h2-8,12,15,28H,9-11,13-14,16-17H2,1H3. The van der Waals surface area contributed by atoms with Gasteiger partial charge in [-0.1, -0.05) is 18.2 Å². The molecule has 1 fully saturated rings. The van der Waals surface area contributed by atoms with E-state index >= 15 is 0 Å². The number of para-hydroxylation sites is 1. The van der Waals surface area contributed by atoms with E-state index in [9.17, 15) is 5.11 Å². The number of piperidine rings is 1. The number of imidazole rings is 1. The Bertz CT molecular complexity index is 902. The van der Waals surface area contributed by atoms with E-state index in [4.69, 9.17) is 4.74 Å². The SMILES string of the molecule is Cn1ccnc1-c1ccc(N2CCC(CO)(CCOc3ccccc3)CC2)nn1. The van der Waals surface area contributed by atoms with Gasteiger partial charge in [-0.3, -0.25) is 0 Å². The Morgan fingerprint density at radius 2 is 1.86 bits per heavy atom. The Hall–Kier alpha value is -2.93. The summed E-state index contributed by atoms with van der Waals surface area (Å²) >= 11 is 0. The minimum Gasteiger partial charge on any atom is -0.494 e. The van der Waals surface area contributed by atoms with Gasteiger partial charge in [-0.05, 0) is 43.5 Å². The van der Waals surface area contributed by atoms with Gasteiger partial charge in [0.25, 0.3) is 0 Å². The fourth-order valence-electron chi connectivity index (χ4n) is 3.83. The summed E-state index contributed by atoms with van der Waals surface area (Å²) in [6.45, 7) is 2.50. The molecule has 7 nitrogen and oxygen atoms in total. The van der Waals surface area contributed by atoms with Gasteiger partial charge in [0.05, 0.1) is 6.61 Å². The second kappa shape index (κ2) is 8.61. The topological polar surface area (TPSA) is 76.3 Å². The molecule has 0 unspecified atom stereocenters. The van der Waals surface area contributed by atoms with Crippen molar-refractivity contribution in [3.05, 3.63) is 54.9 Å². The van der Waals surface area contributed by atoms with Crippen LogP contribution in [0.2, 0.25) is 0 Å². The second-order valence-electron chi connectivity index (χ2n) is 7.70. The molecule has 7 heteroatoms. The molecule has 0 aliphatic carbocycles. The van der Waals surface area contributed by atoms with E-state index < -0.39 is 0 Å². The third-order valence-corrected chi connectivity index (χ3v) is 5.83. The lowest BCUT2D eigenvalue weighted by atomic mass is 9.76. The van der Waals surface area contributed by atoms with Crippen LogP contribution in [0.15, 0.2) is 54.9 Å². The molecule has 3 aromatic rings. The number of anilines is 1. The zero-order chi connectivity index (χ0) is 20.1. The first-order chi connectivity index (χ1) is 14.2. The van der Waals surface area contributed by atoms with E-state index in [-0.39, 0.29) is 12.0 Å². The molecule has 0 spiro atoms. The first-order valence-electron chi connectivity index (χ1n) is 10.0. The highest BCUT2D eigenvalue weighted by atomic mass is 16.5. The average Bonchev–Trinajstić information content (AvgIpc) is 3.21. The van der Waals surface area contributed by atoms with Crippen molar-refractivity contribution in [1.82, 2.24) is 19.7 Å². The summed E-state index contributed by atoms with van der Waals surface area (Å²) < 4.78 is 7.78. The van der Waals surface area contributed by atoms with Gasteiger partial charge in [-0.15, -0.1) is 10.2 Å². The molecule has 4 rings (SSSR count). The van der Waals surface area contributed by atoms with Gasteiger partial charge in [0.2, 0.25) is 0 Å². The summed E-state index contributed by atoms with van der Waals surface area (Å²) in [7, 11) is 1.94. The monoisotopic (exact) mass is 393 g/mol. The van der Waals surface area contributed by atoms with Crippen LogP contribution in [0, 0.1) is 5.41 Å². The number of ether oxygens (including phenoxy) is 1. The highest BCUT2D eigenvalue weighted by molar-refractivity contribution is 5.51. The van der Waals surface area contributed by atoms with Crippen molar-refractivity contribution in [1.29, 1.82) is 0 Å². The Labute approximate surface area is 171 Å². The fourth-order valence-corrected chi connectivity index (χ4v) is 3.83. The number of rotatable bonds is 7. The van der Waals surface area contributed by atoms with E-state index in [1.165, 1.54) is 0 Å². The van der Waals surface area contributed by atoms with Gasteiger partial charge in [-0.25, -0.2) is 4.98 Å². The summed E-state index contributed by atoms with van der Waals surface area (Å²) in [4.78, 5) is 6.55. The maximum Gasteiger partial charge on any atom is 0.160 e. The van der Waals surface area contributed by atoms with Crippen molar-refractivity contribution in [3.8, 4) is 17.3 Å². The Morgan fingerprint density at radius 1 is 1.07 bits per heavy atom. The predicted molar refractivity (Wildman–Crippen MR) is 112 cm³/mol. The molecule has 0 bridgehead atoms. The van der Waals surface area contributed by atoms with Crippen LogP contribution in [0.1, 0.15) is 19.3 Å². The maximum absolute atomic E-state index is 10.1. The summed E-state index contributed by atoms with van der Waals surface area (Å²) in [6, 6.07) is 13.8. The number of hydrogen-bond acceptors (Lipinski definition) is 6. The van der Waals surface area contributed by atoms with Crippen molar-refractivity contribution in [2.24, 2.45) is 12.5 Å². The summed E-state index contributed by atoms with van der Waals surface area (Å²) in [5.41, 5.74) is 0.673. The van der Waals surface area contributed by atoms with Crippen molar-refractivity contribution in [3.63, 3.8) is 0 Å². The van der Waals surface area contributed by atoms with Crippen LogP contribution in [-0.4, -0.2) is 51.2 Å². The lowest BCUT2D eigenvalue weighted by Gasteiger charge is -2.41. The molecule has 0 atom stereocenters. The molecule has 1 aromatic carbocycles. The van der Waals surface area contributed by atoms with Crippen LogP contribution < -0.4 is 9.64 Å². The molecule has 0 radical (unpaired) electrons. The molecule has 1 saturated heterocycles. The fraction of sp³-hybridized carbons (Fsp3) is 0.409. The van der Waals surface area contributed by atoms with E-state index in [2.05, 4.69) is 20.1 Å². The number of nitrogens with zero attached hydrogens (tertiary/aromatic N) is 5. The molecular formula is C22H27N5O2. The highest BCUT2D eigenvalue weighted by Gasteiger charge is 2.34. The number of hydrogen-bond donors (Lipinski definition) is 1. The minimum atomic E-state index is -0.0917. The van der Waals surface area contributed by atoms with Gasteiger partial charge >= 0.3 is 0 Å². The third kappa shape index (κ3) is 4.40. The number of aromatic nitrogens is 4. The van der Waals surface area contributed by atoms with Crippen LogP contribution in [0.3, 0.4) is 0 Å². The summed E-state index contributed by atoms with van der Waals surface area (Å²) in [5, 5.41) is 18.8. The molecule has 0 amide bonds. The third-order valence-electron chi connectivity index (χ3n) is 5.83. The lowest BCUT2D eigenvalue weighted by molar-refractivity contribution is 0.0707. The largest absolute Gasteiger partial charge is 0.494 e. The zero-order valence-electron chi connectivity index (χ0n) is 16.7. The van der Waals surface area contributed by atoms with Crippen molar-refractivity contribution < 1.29 is 9.84 Å². The average molecular weight is 393 g/mol. The quantitative estimate of drug-likeness (QED) is 0.665. The van der Waals surface area contributed by atoms with Crippen LogP contribution in [0.25, 0.3) is 11.5 Å². The number of aryl methyl sites for hydroxylation is 1. The Kier molecular flexibility index (Phi) is 5.76. The van der Waals surface area contributed by atoms with E-state index in [0.29, 0.717) is 6.61 Å². The van der Waals surface area contributed by atoms with Gasteiger partial charge in [0.15, 0.2) is 11.6 Å². The molecule has 152 valence electrons. The van der Waals surface area contributed by atoms with Crippen molar-refractivity contribution in [2.45, 2.75) is 19.3 Å². The smallest absolute Gasteiger partial charge is 0.160 e. The number of benzene rings is 1. The van der Waals surface area contributed by atoms with Crippen molar-refractivity contribution in [2.75, 3.05) is 31.2 Å². The normalized spacial score (nSPS) is 16.0. The molecular weight excluding hydrogens is 366 g/mol. The second-order valence-corrected chi connectivity index (χ2v) is 7.70. The highest BCUT2D eigenvalue weighted by Crippen LogP contribution is 2.36. The minimum absolute atomic E-state index is 0.0917. The Balaban J connectivity index is 1.33. The zero-order valence-corrected chi connectivity index (χ0v) is 16.7. The van der Waals surface area contributed by atoms with Gasteiger partial charge in [0.1, 0.15) is 11.4 Å². The molecule has 0 saturated carbocycles. The molecule has 2 aromatic heterocycles. The van der Waals surface area contributed by atoms with Crippen LogP contribution in [0.4, 0.5) is 5.82 Å². The maximum atomic E-state index is 10.1. The lowest BCUT2D eigenvalue weighted by Crippen LogP contribution is -2.43. The van der Waals surface area contributed by atoms with Gasteiger partial charge in [0, 0.05) is 44.6 Å². The molecule has 1 N–H and O–H groups in total. The van der Waals surface area contributed by atoms with E-state index in [1.807, 2.05) is 60.3 Å². The first-order valence-corrected chi connectivity index (χ1v) is 10.0. The molecule has 1 aliphatic rings. The number of aliphatic hydroxyl groups is 1. The van der Waals surface area contributed by atoms with Gasteiger partial charge in [-0.2, -0.15) is 0 Å². The Morgan fingerprint density at radius 3 is 2.48 bits per heavy atom. The predicted octanol–water partition coefficient (Wildman–Crippen LogP) is 2.93. The summed E-state index contributed by atoms with van der Waals surface area (Å²) in [6.07, 6.45) is 6.31. The van der Waals surface area contributed by atoms with Gasteiger partial charge < -0.3 is 19.3 Å². The van der Waals surface area contributed by atoms with Crippen LogP contribution >= 0.6 is 0 Å². The van der Waals surface area contributed by atoms with E-state index in [1.54, 1.807) is 6.20 Å². The molecule has 29 heavy (non-hydrogen) atoms. The van der Waals surface area contributed by atoms with E-state index in [0.717, 1.165) is 55.4 Å². The van der Waals surface area contributed by atoms with Crippen molar-refractivity contribution >= 4 is 5.82 Å².